The van der Waals surface area contributed by atoms with Crippen molar-refractivity contribution in [2.45, 2.75) is 13.0 Å². The summed E-state index contributed by atoms with van der Waals surface area (Å²) in [6.45, 7) is 1.33. The van der Waals surface area contributed by atoms with E-state index in [1.807, 2.05) is 49.6 Å². The van der Waals surface area contributed by atoms with E-state index in [0.29, 0.717) is 6.54 Å². The minimum absolute atomic E-state index is 0.447. The molecule has 0 saturated heterocycles. The molecule has 1 aromatic carbocycles. The Labute approximate surface area is 119 Å². The van der Waals surface area contributed by atoms with Crippen LogP contribution in [-0.4, -0.2) is 18.6 Å². The number of likely N-dealkylation sites (N-methyl/N-ethyl adjacent to an activating group) is 1. The molecule has 2 rings (SSSR count). The van der Waals surface area contributed by atoms with Gasteiger partial charge in [0.2, 0.25) is 0 Å². The molecule has 0 saturated carbocycles. The van der Waals surface area contributed by atoms with Gasteiger partial charge < -0.3 is 10.6 Å². The number of aromatic nitrogens is 1. The molecule has 0 spiro atoms. The van der Waals surface area contributed by atoms with Crippen LogP contribution in [0.1, 0.15) is 11.3 Å². The quantitative estimate of drug-likeness (QED) is 0.912. The van der Waals surface area contributed by atoms with Gasteiger partial charge in [-0.2, -0.15) is 0 Å². The molecule has 0 bridgehead atoms. The highest BCUT2D eigenvalue weighted by Gasteiger charge is 2.09. The van der Waals surface area contributed by atoms with Crippen LogP contribution >= 0.6 is 11.6 Å². The Balaban J connectivity index is 2.08. The number of pyridine rings is 1. The van der Waals surface area contributed by atoms with Crippen LogP contribution < -0.4 is 10.6 Å². The minimum Gasteiger partial charge on any atom is -0.374 e. The highest BCUT2D eigenvalue weighted by molar-refractivity contribution is 6.31. The molecule has 0 aliphatic heterocycles. The maximum atomic E-state index is 6.17. The molecule has 1 aromatic heterocycles. The van der Waals surface area contributed by atoms with Gasteiger partial charge >= 0.3 is 0 Å². The fraction of sp³-hybridized carbons (Fsp3) is 0.267. The van der Waals surface area contributed by atoms with Crippen LogP contribution in [0.15, 0.2) is 42.6 Å². The molecule has 0 unspecified atom stereocenters. The zero-order chi connectivity index (χ0) is 13.7. The standard InChI is InChI=1S/C15H18ClN3/c1-19(10-8-12-5-2-3-9-18-12)15-7-4-6-14(16)13(15)11-17/h2-7,9H,8,10-11,17H2,1H3. The lowest BCUT2D eigenvalue weighted by molar-refractivity contribution is 0.844. The maximum Gasteiger partial charge on any atom is 0.0471 e. The van der Waals surface area contributed by atoms with E-state index in [2.05, 4.69) is 9.88 Å². The van der Waals surface area contributed by atoms with Crippen LogP contribution in [0.5, 0.6) is 0 Å². The first-order valence-corrected chi connectivity index (χ1v) is 6.68. The van der Waals surface area contributed by atoms with Crippen molar-refractivity contribution in [2.24, 2.45) is 5.73 Å². The zero-order valence-electron chi connectivity index (χ0n) is 11.0. The number of hydrogen-bond donors (Lipinski definition) is 1. The molecule has 0 fully saturated rings. The third-order valence-corrected chi connectivity index (χ3v) is 3.49. The molecular formula is C15H18ClN3. The molecule has 2 aromatic rings. The number of hydrogen-bond acceptors (Lipinski definition) is 3. The summed E-state index contributed by atoms with van der Waals surface area (Å²) in [5, 5.41) is 0.727. The molecule has 1 heterocycles. The summed E-state index contributed by atoms with van der Waals surface area (Å²) in [5.74, 6) is 0. The molecule has 0 atom stereocenters. The van der Waals surface area contributed by atoms with Crippen molar-refractivity contribution in [3.63, 3.8) is 0 Å². The first kappa shape index (κ1) is 13.8. The fourth-order valence-corrected chi connectivity index (χ4v) is 2.30. The zero-order valence-corrected chi connectivity index (χ0v) is 11.8. The number of anilines is 1. The van der Waals surface area contributed by atoms with Crippen molar-refractivity contribution >= 4 is 17.3 Å². The SMILES string of the molecule is CN(CCc1ccccn1)c1cccc(Cl)c1CN. The monoisotopic (exact) mass is 275 g/mol. The first-order chi connectivity index (χ1) is 9.22. The fourth-order valence-electron chi connectivity index (χ4n) is 2.06. The predicted octanol–water partition coefficient (Wildman–Crippen LogP) is 2.87. The lowest BCUT2D eigenvalue weighted by Gasteiger charge is -2.22. The van der Waals surface area contributed by atoms with E-state index in [1.165, 1.54) is 0 Å². The van der Waals surface area contributed by atoms with Gasteiger partial charge in [-0.25, -0.2) is 0 Å². The molecule has 3 nitrogen and oxygen atoms in total. The number of nitrogens with two attached hydrogens (primary N) is 1. The Morgan fingerprint density at radius 3 is 2.74 bits per heavy atom. The second-order valence-corrected chi connectivity index (χ2v) is 4.84. The molecule has 0 aliphatic rings. The molecule has 0 aliphatic carbocycles. The average Bonchev–Trinajstić information content (AvgIpc) is 2.45. The Hall–Kier alpha value is -1.58. The maximum absolute atomic E-state index is 6.17. The van der Waals surface area contributed by atoms with E-state index in [9.17, 15) is 0 Å². The summed E-state index contributed by atoms with van der Waals surface area (Å²) >= 11 is 6.17. The lowest BCUT2D eigenvalue weighted by Crippen LogP contribution is -2.22. The largest absolute Gasteiger partial charge is 0.374 e. The third-order valence-electron chi connectivity index (χ3n) is 3.14. The number of rotatable bonds is 5. The lowest BCUT2D eigenvalue weighted by atomic mass is 10.1. The van der Waals surface area contributed by atoms with Gasteiger partial charge in [0.25, 0.3) is 0 Å². The van der Waals surface area contributed by atoms with E-state index >= 15 is 0 Å². The molecule has 0 radical (unpaired) electrons. The van der Waals surface area contributed by atoms with Crippen molar-refractivity contribution in [1.82, 2.24) is 4.98 Å². The molecule has 2 N–H and O–H groups in total. The number of benzene rings is 1. The van der Waals surface area contributed by atoms with Crippen LogP contribution in [0.3, 0.4) is 0 Å². The Bertz CT molecular complexity index is 528. The Kier molecular flexibility index (Phi) is 4.77. The van der Waals surface area contributed by atoms with Gasteiger partial charge in [0.15, 0.2) is 0 Å². The van der Waals surface area contributed by atoms with Gasteiger partial charge in [-0.3, -0.25) is 4.98 Å². The normalized spacial score (nSPS) is 10.5. The molecule has 4 heteroatoms. The Morgan fingerprint density at radius 2 is 2.05 bits per heavy atom. The van der Waals surface area contributed by atoms with Crippen LogP contribution in [-0.2, 0) is 13.0 Å². The Morgan fingerprint density at radius 1 is 1.21 bits per heavy atom. The van der Waals surface area contributed by atoms with Crippen molar-refractivity contribution in [3.05, 3.63) is 58.9 Å². The summed E-state index contributed by atoms with van der Waals surface area (Å²) in [7, 11) is 2.05. The molecule has 100 valence electrons. The van der Waals surface area contributed by atoms with E-state index in [0.717, 1.165) is 34.9 Å². The topological polar surface area (TPSA) is 42.2 Å². The van der Waals surface area contributed by atoms with Gasteiger partial charge in [0, 0.05) is 54.7 Å². The van der Waals surface area contributed by atoms with Crippen LogP contribution in [0.2, 0.25) is 5.02 Å². The number of nitrogens with zero attached hydrogens (tertiary/aromatic N) is 2. The second-order valence-electron chi connectivity index (χ2n) is 4.43. The molecular weight excluding hydrogens is 258 g/mol. The van der Waals surface area contributed by atoms with Gasteiger partial charge in [0.05, 0.1) is 0 Å². The van der Waals surface area contributed by atoms with Crippen LogP contribution in [0, 0.1) is 0 Å². The molecule has 0 amide bonds. The average molecular weight is 276 g/mol. The summed E-state index contributed by atoms with van der Waals surface area (Å²) in [4.78, 5) is 6.50. The van der Waals surface area contributed by atoms with Crippen molar-refractivity contribution in [1.29, 1.82) is 0 Å². The van der Waals surface area contributed by atoms with E-state index in [1.54, 1.807) is 0 Å². The first-order valence-electron chi connectivity index (χ1n) is 6.31. The van der Waals surface area contributed by atoms with Crippen LogP contribution in [0.25, 0.3) is 0 Å². The minimum atomic E-state index is 0.447. The van der Waals surface area contributed by atoms with Gasteiger partial charge in [-0.15, -0.1) is 0 Å². The number of halogens is 1. The molecule has 19 heavy (non-hydrogen) atoms. The third kappa shape index (κ3) is 3.46. The van der Waals surface area contributed by atoms with Crippen molar-refractivity contribution in [3.8, 4) is 0 Å². The summed E-state index contributed by atoms with van der Waals surface area (Å²) in [6, 6.07) is 11.8. The van der Waals surface area contributed by atoms with Crippen molar-refractivity contribution in [2.75, 3.05) is 18.5 Å². The summed E-state index contributed by atoms with van der Waals surface area (Å²) < 4.78 is 0. The van der Waals surface area contributed by atoms with Gasteiger partial charge in [0.1, 0.15) is 0 Å². The van der Waals surface area contributed by atoms with E-state index in [-0.39, 0.29) is 0 Å². The van der Waals surface area contributed by atoms with Gasteiger partial charge in [-0.05, 0) is 24.3 Å². The predicted molar refractivity (Wildman–Crippen MR) is 80.6 cm³/mol. The highest BCUT2D eigenvalue weighted by atomic mass is 35.5. The summed E-state index contributed by atoms with van der Waals surface area (Å²) in [5.41, 5.74) is 8.94. The second kappa shape index (κ2) is 6.55. The summed E-state index contributed by atoms with van der Waals surface area (Å²) in [6.07, 6.45) is 2.72. The highest BCUT2D eigenvalue weighted by Crippen LogP contribution is 2.26. The smallest absolute Gasteiger partial charge is 0.0471 e. The van der Waals surface area contributed by atoms with E-state index < -0.39 is 0 Å². The van der Waals surface area contributed by atoms with Gasteiger partial charge in [-0.1, -0.05) is 23.7 Å². The van der Waals surface area contributed by atoms with Crippen LogP contribution in [0.4, 0.5) is 5.69 Å². The van der Waals surface area contributed by atoms with Crippen molar-refractivity contribution < 1.29 is 0 Å². The van der Waals surface area contributed by atoms with E-state index in [4.69, 9.17) is 17.3 Å².